The molecular weight excluding hydrogens is 346 g/mol. The summed E-state index contributed by atoms with van der Waals surface area (Å²) in [5.41, 5.74) is 1.33. The maximum atomic E-state index is 12.6. The third-order valence-electron chi connectivity index (χ3n) is 3.63. The molecule has 2 heterocycles. The molecule has 0 amide bonds. The van der Waals surface area contributed by atoms with Gasteiger partial charge in [0.1, 0.15) is 5.82 Å². The van der Waals surface area contributed by atoms with Gasteiger partial charge in [0.2, 0.25) is 0 Å². The van der Waals surface area contributed by atoms with Crippen LogP contribution >= 0.6 is 15.9 Å². The van der Waals surface area contributed by atoms with Gasteiger partial charge in [0.05, 0.1) is 23.6 Å². The maximum Gasteiger partial charge on any atom is 0.350 e. The number of halogens is 1. The largest absolute Gasteiger partial charge is 0.362 e. The van der Waals surface area contributed by atoms with Crippen LogP contribution in [0.2, 0.25) is 0 Å². The van der Waals surface area contributed by atoms with Crippen LogP contribution in [0.15, 0.2) is 40.0 Å². The summed E-state index contributed by atoms with van der Waals surface area (Å²) in [4.78, 5) is 25.8. The number of nitrogens with one attached hydrogen (secondary N) is 1. The Kier molecular flexibility index (Phi) is 3.74. The minimum absolute atomic E-state index is 0.209. The first-order chi connectivity index (χ1) is 10.5. The Balaban J connectivity index is 2.35. The summed E-state index contributed by atoms with van der Waals surface area (Å²) in [6.45, 7) is 1.94. The molecule has 1 aromatic carbocycles. The van der Waals surface area contributed by atoms with Gasteiger partial charge in [0, 0.05) is 30.2 Å². The molecule has 0 aliphatic carbocycles. The smallest absolute Gasteiger partial charge is 0.350 e. The highest BCUT2D eigenvalue weighted by Crippen LogP contribution is 2.27. The van der Waals surface area contributed by atoms with Gasteiger partial charge in [-0.05, 0) is 25.1 Å². The second-order valence-electron chi connectivity index (χ2n) is 5.31. The average Bonchev–Trinajstić information content (AvgIpc) is 2.99. The fourth-order valence-corrected chi connectivity index (χ4v) is 2.90. The normalized spacial score (nSPS) is 12.5. The number of benzene rings is 1. The Bertz CT molecular complexity index is 870. The van der Waals surface area contributed by atoms with Crippen molar-refractivity contribution in [3.63, 3.8) is 0 Å². The molecule has 3 rings (SSSR count). The fraction of sp³-hybridized carbons (Fsp3) is 0.267. The van der Waals surface area contributed by atoms with Gasteiger partial charge in [-0.15, -0.1) is 0 Å². The molecule has 0 saturated carbocycles. The molecule has 0 aliphatic rings. The molecule has 7 heteroatoms. The van der Waals surface area contributed by atoms with Crippen LogP contribution in [0.4, 0.5) is 5.82 Å². The lowest BCUT2D eigenvalue weighted by molar-refractivity contribution is 0.608. The zero-order valence-electron chi connectivity index (χ0n) is 12.5. The Hall–Kier alpha value is -2.15. The van der Waals surface area contributed by atoms with Crippen molar-refractivity contribution in [3.05, 3.63) is 51.4 Å². The van der Waals surface area contributed by atoms with Gasteiger partial charge in [-0.1, -0.05) is 15.9 Å². The minimum Gasteiger partial charge on any atom is -0.362 e. The van der Waals surface area contributed by atoms with E-state index in [-0.39, 0.29) is 11.7 Å². The van der Waals surface area contributed by atoms with Gasteiger partial charge < -0.3 is 9.88 Å². The number of rotatable bonds is 3. The predicted molar refractivity (Wildman–Crippen MR) is 90.4 cm³/mol. The third kappa shape index (κ3) is 2.41. The summed E-state index contributed by atoms with van der Waals surface area (Å²) in [5, 5.41) is 0.926. The van der Waals surface area contributed by atoms with Crippen molar-refractivity contribution in [2.75, 3.05) is 19.0 Å². The van der Waals surface area contributed by atoms with Gasteiger partial charge in [-0.25, -0.2) is 9.78 Å². The van der Waals surface area contributed by atoms with E-state index in [1.165, 1.54) is 0 Å². The van der Waals surface area contributed by atoms with E-state index in [1.54, 1.807) is 17.1 Å². The van der Waals surface area contributed by atoms with Crippen LogP contribution in [0, 0.1) is 0 Å². The summed E-state index contributed by atoms with van der Waals surface area (Å²) in [6.07, 6.45) is 3.40. The molecule has 6 nitrogen and oxygen atoms in total. The molecule has 3 aromatic rings. The van der Waals surface area contributed by atoms with E-state index in [1.807, 2.05) is 44.1 Å². The molecule has 1 atom stereocenters. The van der Waals surface area contributed by atoms with E-state index >= 15 is 0 Å². The average molecular weight is 362 g/mol. The van der Waals surface area contributed by atoms with Crippen molar-refractivity contribution in [2.45, 2.75) is 13.0 Å². The summed E-state index contributed by atoms with van der Waals surface area (Å²) < 4.78 is 2.58. The van der Waals surface area contributed by atoms with Crippen LogP contribution in [-0.2, 0) is 0 Å². The molecule has 0 bridgehead atoms. The predicted octanol–water partition coefficient (Wildman–Crippen LogP) is 2.56. The summed E-state index contributed by atoms with van der Waals surface area (Å²) in [5.74, 6) is 0.665. The van der Waals surface area contributed by atoms with Gasteiger partial charge in [0.15, 0.2) is 0 Å². The van der Waals surface area contributed by atoms with Crippen molar-refractivity contribution >= 4 is 32.7 Å². The van der Waals surface area contributed by atoms with Gasteiger partial charge >= 0.3 is 5.69 Å². The number of hydrogen-bond donors (Lipinski definition) is 1. The van der Waals surface area contributed by atoms with E-state index in [9.17, 15) is 4.79 Å². The topological polar surface area (TPSA) is 66.8 Å². The zero-order valence-corrected chi connectivity index (χ0v) is 14.1. The van der Waals surface area contributed by atoms with Crippen molar-refractivity contribution in [2.24, 2.45) is 0 Å². The van der Waals surface area contributed by atoms with E-state index in [4.69, 9.17) is 0 Å². The first-order valence-electron chi connectivity index (χ1n) is 6.87. The van der Waals surface area contributed by atoms with Crippen LogP contribution in [0.3, 0.4) is 0 Å². The van der Waals surface area contributed by atoms with Crippen LogP contribution in [0.5, 0.6) is 0 Å². The molecule has 0 fully saturated rings. The Morgan fingerprint density at radius 3 is 2.77 bits per heavy atom. The van der Waals surface area contributed by atoms with Crippen LogP contribution in [-0.4, -0.2) is 33.6 Å². The summed E-state index contributed by atoms with van der Waals surface area (Å²) in [7, 11) is 3.76. The van der Waals surface area contributed by atoms with Crippen molar-refractivity contribution < 1.29 is 0 Å². The molecule has 0 radical (unpaired) electrons. The van der Waals surface area contributed by atoms with E-state index < -0.39 is 0 Å². The Morgan fingerprint density at radius 2 is 2.14 bits per heavy atom. The van der Waals surface area contributed by atoms with Crippen LogP contribution in [0.1, 0.15) is 18.7 Å². The number of hydrogen-bond acceptors (Lipinski definition) is 4. The van der Waals surface area contributed by atoms with Gasteiger partial charge in [-0.3, -0.25) is 4.57 Å². The number of aromatic amines is 1. The quantitative estimate of drug-likeness (QED) is 0.778. The zero-order chi connectivity index (χ0) is 15.9. The molecule has 114 valence electrons. The monoisotopic (exact) mass is 361 g/mol. The highest BCUT2D eigenvalue weighted by molar-refractivity contribution is 9.10. The molecule has 0 spiro atoms. The minimum atomic E-state index is -0.287. The summed E-state index contributed by atoms with van der Waals surface area (Å²) in [6, 6.07) is 5.65. The highest BCUT2D eigenvalue weighted by atomic mass is 79.9. The maximum absolute atomic E-state index is 12.6. The molecule has 1 N–H and O–H groups in total. The molecular formula is C15H16BrN5O. The van der Waals surface area contributed by atoms with Crippen LogP contribution < -0.4 is 10.6 Å². The molecule has 1 unspecified atom stereocenters. The first-order valence-corrected chi connectivity index (χ1v) is 7.66. The molecule has 0 saturated heterocycles. The molecule has 22 heavy (non-hydrogen) atoms. The Morgan fingerprint density at radius 1 is 1.36 bits per heavy atom. The number of fused-ring (bicyclic) bond motifs is 1. The lowest BCUT2D eigenvalue weighted by Gasteiger charge is -2.20. The highest BCUT2D eigenvalue weighted by Gasteiger charge is 2.18. The number of anilines is 1. The SMILES string of the molecule is CC(c1c[nH]cn1)n1c(=O)nc(N(C)C)c2ccc(Br)cc21. The molecule has 0 aliphatic heterocycles. The Labute approximate surface area is 135 Å². The number of imidazole rings is 1. The van der Waals surface area contributed by atoms with Crippen molar-refractivity contribution in [1.29, 1.82) is 0 Å². The van der Waals surface area contributed by atoms with E-state index in [0.717, 1.165) is 21.1 Å². The van der Waals surface area contributed by atoms with Gasteiger partial charge in [-0.2, -0.15) is 4.98 Å². The first kappa shape index (κ1) is 14.8. The second-order valence-corrected chi connectivity index (χ2v) is 6.23. The number of aromatic nitrogens is 4. The van der Waals surface area contributed by atoms with E-state index in [2.05, 4.69) is 30.9 Å². The fourth-order valence-electron chi connectivity index (χ4n) is 2.55. The summed E-state index contributed by atoms with van der Waals surface area (Å²) >= 11 is 3.48. The van der Waals surface area contributed by atoms with Crippen molar-refractivity contribution in [3.8, 4) is 0 Å². The van der Waals surface area contributed by atoms with E-state index in [0.29, 0.717) is 5.82 Å². The molecule has 2 aromatic heterocycles. The van der Waals surface area contributed by atoms with Gasteiger partial charge in [0.25, 0.3) is 0 Å². The standard InChI is InChI=1S/C15H16BrN5O/c1-9(12-7-17-8-18-12)21-13-6-10(16)4-5-11(13)14(20(2)3)19-15(21)22/h4-9H,1-3H3,(H,17,18). The third-order valence-corrected chi connectivity index (χ3v) is 4.12. The van der Waals surface area contributed by atoms with Crippen LogP contribution in [0.25, 0.3) is 10.9 Å². The van der Waals surface area contributed by atoms with Crippen molar-refractivity contribution in [1.82, 2.24) is 19.5 Å². The lowest BCUT2D eigenvalue weighted by atomic mass is 10.2. The number of nitrogens with zero attached hydrogens (tertiary/aromatic N) is 4. The lowest BCUT2D eigenvalue weighted by Crippen LogP contribution is -2.29. The second kappa shape index (κ2) is 5.57. The number of H-pyrrole nitrogens is 1.